The van der Waals surface area contributed by atoms with Crippen LogP contribution in [0.3, 0.4) is 0 Å². The Labute approximate surface area is 326 Å². The molecule has 2 atom stereocenters. The van der Waals surface area contributed by atoms with Gasteiger partial charge in [0.25, 0.3) is 0 Å². The van der Waals surface area contributed by atoms with Crippen LogP contribution < -0.4 is 21.3 Å². The number of benzene rings is 2. The van der Waals surface area contributed by atoms with E-state index in [0.717, 1.165) is 82.5 Å². The van der Waals surface area contributed by atoms with Gasteiger partial charge < -0.3 is 19.5 Å². The first kappa shape index (κ1) is 37.3. The lowest BCUT2D eigenvalue weighted by Crippen LogP contribution is -2.43. The van der Waals surface area contributed by atoms with E-state index in [1.54, 1.807) is 18.5 Å². The molecule has 2 aromatic carbocycles. The fourth-order valence-corrected chi connectivity index (χ4v) is 9.97. The third-order valence-corrected chi connectivity index (χ3v) is 13.3. The number of aromatic nitrogens is 3. The smallest absolute Gasteiger partial charge is 0.407 e. The van der Waals surface area contributed by atoms with Crippen molar-refractivity contribution < 1.29 is 18.2 Å². The summed E-state index contributed by atoms with van der Waals surface area (Å²) in [7, 11) is -1.34. The molecule has 0 saturated carbocycles. The predicted octanol–water partition coefficient (Wildman–Crippen LogP) is 4.58. The van der Waals surface area contributed by atoms with Gasteiger partial charge in [-0.3, -0.25) is 19.5 Å². The van der Waals surface area contributed by atoms with E-state index >= 15 is 0 Å². The molecule has 0 radical (unpaired) electrons. The fourth-order valence-electron chi connectivity index (χ4n) is 8.63. The minimum absolute atomic E-state index is 0.185. The molecular weight excluding hydrogens is 742 g/mol. The number of nitriles is 1. The highest BCUT2D eigenvalue weighted by molar-refractivity contribution is 7.82. The van der Waals surface area contributed by atoms with Gasteiger partial charge in [0, 0.05) is 50.7 Å². The van der Waals surface area contributed by atoms with Crippen LogP contribution >= 0.6 is 11.6 Å². The average Bonchev–Trinajstić information content (AvgIpc) is 3.54. The van der Waals surface area contributed by atoms with E-state index in [9.17, 15) is 23.9 Å². The number of halogens is 1. The first-order chi connectivity index (χ1) is 26.7. The van der Waals surface area contributed by atoms with Crippen molar-refractivity contribution in [1.29, 1.82) is 5.26 Å². The molecule has 4 fully saturated rings. The fraction of sp³-hybridized carbons (Fsp3) is 0.487. The zero-order chi connectivity index (χ0) is 38.1. The van der Waals surface area contributed by atoms with Gasteiger partial charge in [-0.25, -0.2) is 23.3 Å². The zero-order valence-corrected chi connectivity index (χ0v) is 32.1. The highest BCUT2D eigenvalue weighted by atomic mass is 35.5. The Morgan fingerprint density at radius 3 is 2.40 bits per heavy atom. The van der Waals surface area contributed by atoms with Crippen molar-refractivity contribution >= 4 is 57.1 Å². The Kier molecular flexibility index (Phi) is 11.0. The summed E-state index contributed by atoms with van der Waals surface area (Å²) < 4.78 is 22.9. The summed E-state index contributed by atoms with van der Waals surface area (Å²) in [5, 5.41) is 16.2. The maximum absolute atomic E-state index is 13.7. The van der Waals surface area contributed by atoms with Crippen LogP contribution in [0, 0.1) is 17.2 Å². The quantitative estimate of drug-likeness (QED) is 0.228. The third-order valence-electron chi connectivity index (χ3n) is 11.6. The normalized spacial score (nSPS) is 21.7. The summed E-state index contributed by atoms with van der Waals surface area (Å²) in [6.45, 7) is 5.89. The Hall–Kier alpha value is -4.62. The third kappa shape index (κ3) is 8.05. The predicted molar refractivity (Wildman–Crippen MR) is 208 cm³/mol. The number of nitrogens with zero attached hydrogens (tertiary/aromatic N) is 7. The number of likely N-dealkylation sites (tertiary alicyclic amines) is 1. The van der Waals surface area contributed by atoms with Gasteiger partial charge in [-0.15, -0.1) is 0 Å². The lowest BCUT2D eigenvalue weighted by Gasteiger charge is -2.38. The van der Waals surface area contributed by atoms with Crippen molar-refractivity contribution in [2.45, 2.75) is 74.3 Å². The number of amides is 2. The number of piperidine rings is 4. The molecule has 6 heterocycles. The SMILES string of the molecule is N#Cc1ccc(S(=O)N2CCC(Nc3ncc(Cl)cn3)CC2)cc1N1CCC(CN2CCC(c3cccc4c3oc(=O)n4C3CCC(=O)NC3=O)CC2)CC1. The molecule has 4 aliphatic rings. The zero-order valence-electron chi connectivity index (χ0n) is 30.5. The summed E-state index contributed by atoms with van der Waals surface area (Å²) in [5.41, 5.74) is 3.59. The summed E-state index contributed by atoms with van der Waals surface area (Å²) >= 11 is 5.91. The van der Waals surface area contributed by atoms with Gasteiger partial charge in [0.2, 0.25) is 17.8 Å². The molecule has 2 N–H and O–H groups in total. The molecule has 2 amide bonds. The topological polar surface area (TPSA) is 170 Å². The van der Waals surface area contributed by atoms with Gasteiger partial charge in [-0.2, -0.15) is 5.26 Å². The standard InChI is InChI=1S/C39H44ClN9O5S/c40-28-22-42-38(43-23-28)44-29-12-18-48(19-13-29)55(53)30-5-4-27(21-41)34(20-30)47-16-8-25(9-17-47)24-46-14-10-26(11-15-46)31-2-1-3-32-36(31)54-39(52)49(32)33-6-7-35(50)45-37(33)51/h1-5,20,22-23,25-26,29,33H,6-19,24H2,(H,42,43,44)(H,45,50,51). The van der Waals surface area contributed by atoms with Crippen LogP contribution in [-0.2, 0) is 20.6 Å². The Morgan fingerprint density at radius 1 is 0.945 bits per heavy atom. The van der Waals surface area contributed by atoms with Gasteiger partial charge in [0.05, 0.1) is 39.1 Å². The van der Waals surface area contributed by atoms with Crippen LogP contribution in [0.4, 0.5) is 11.6 Å². The summed E-state index contributed by atoms with van der Waals surface area (Å²) in [5.74, 6) is -0.0535. The summed E-state index contributed by atoms with van der Waals surface area (Å²) in [6.07, 6.45) is 9.10. The lowest BCUT2D eigenvalue weighted by molar-refractivity contribution is -0.135. The first-order valence-electron chi connectivity index (χ1n) is 19.1. The second-order valence-corrected chi connectivity index (χ2v) is 16.9. The molecule has 0 aliphatic carbocycles. The van der Waals surface area contributed by atoms with Gasteiger partial charge in [0.15, 0.2) is 5.58 Å². The Balaban J connectivity index is 0.838. The molecule has 16 heteroatoms. The molecule has 14 nitrogen and oxygen atoms in total. The molecular formula is C39H44ClN9O5S. The molecule has 2 aromatic heterocycles. The molecule has 4 aromatic rings. The largest absolute Gasteiger partial charge is 0.420 e. The second-order valence-electron chi connectivity index (χ2n) is 15.0. The van der Waals surface area contributed by atoms with E-state index in [1.165, 1.54) is 4.57 Å². The number of hydrogen-bond donors (Lipinski definition) is 2. The monoisotopic (exact) mass is 785 g/mol. The number of fused-ring (bicyclic) bond motifs is 1. The Bertz CT molecular complexity index is 2180. The maximum atomic E-state index is 13.7. The number of rotatable bonds is 9. The molecule has 288 valence electrons. The van der Waals surface area contributed by atoms with Crippen molar-refractivity contribution in [3.63, 3.8) is 0 Å². The minimum atomic E-state index is -1.34. The number of hydrogen-bond acceptors (Lipinski definition) is 11. The van der Waals surface area contributed by atoms with Crippen LogP contribution in [-0.4, -0.2) is 91.6 Å². The molecule has 0 bridgehead atoms. The van der Waals surface area contributed by atoms with Crippen LogP contribution in [0.5, 0.6) is 0 Å². The van der Waals surface area contributed by atoms with Crippen molar-refractivity contribution in [3.05, 3.63) is 75.5 Å². The number of imide groups is 1. The first-order valence-corrected chi connectivity index (χ1v) is 20.6. The van der Waals surface area contributed by atoms with E-state index in [2.05, 4.69) is 36.5 Å². The molecule has 2 unspecified atom stereocenters. The average molecular weight is 786 g/mol. The van der Waals surface area contributed by atoms with Gasteiger partial charge >= 0.3 is 5.76 Å². The van der Waals surface area contributed by atoms with Crippen LogP contribution in [0.25, 0.3) is 11.1 Å². The van der Waals surface area contributed by atoms with Gasteiger partial charge in [0.1, 0.15) is 23.1 Å². The number of nitrogens with one attached hydrogen (secondary N) is 2. The highest BCUT2D eigenvalue weighted by Crippen LogP contribution is 2.36. The number of carbonyl (C=O) groups excluding carboxylic acids is 2. The lowest BCUT2D eigenvalue weighted by atomic mass is 9.87. The number of para-hydroxylation sites is 1. The number of anilines is 2. The van der Waals surface area contributed by atoms with Crippen LogP contribution in [0.2, 0.25) is 5.02 Å². The summed E-state index contributed by atoms with van der Waals surface area (Å²) in [6, 6.07) is 13.1. The number of carbonyl (C=O) groups is 2. The van der Waals surface area contributed by atoms with Crippen LogP contribution in [0.1, 0.15) is 74.5 Å². The second kappa shape index (κ2) is 16.2. The molecule has 8 rings (SSSR count). The molecule has 55 heavy (non-hydrogen) atoms. The highest BCUT2D eigenvalue weighted by Gasteiger charge is 2.33. The van der Waals surface area contributed by atoms with Crippen molar-refractivity contribution in [2.75, 3.05) is 56.0 Å². The van der Waals surface area contributed by atoms with E-state index in [1.807, 2.05) is 34.6 Å². The van der Waals surface area contributed by atoms with Gasteiger partial charge in [-0.1, -0.05) is 23.7 Å². The molecule has 4 aliphatic heterocycles. The van der Waals surface area contributed by atoms with Crippen LogP contribution in [0.15, 0.2) is 62.9 Å². The van der Waals surface area contributed by atoms with E-state index in [4.69, 9.17) is 16.0 Å². The van der Waals surface area contributed by atoms with Crippen molar-refractivity contribution in [3.8, 4) is 6.07 Å². The maximum Gasteiger partial charge on any atom is 0.420 e. The molecule has 4 saturated heterocycles. The Morgan fingerprint density at radius 2 is 1.69 bits per heavy atom. The van der Waals surface area contributed by atoms with Gasteiger partial charge in [-0.05, 0) is 94.1 Å². The number of oxazole rings is 1. The van der Waals surface area contributed by atoms with E-state index in [0.29, 0.717) is 51.5 Å². The van der Waals surface area contributed by atoms with Crippen molar-refractivity contribution in [2.24, 2.45) is 5.92 Å². The van der Waals surface area contributed by atoms with E-state index in [-0.39, 0.29) is 30.7 Å². The minimum Gasteiger partial charge on any atom is -0.407 e. The van der Waals surface area contributed by atoms with E-state index < -0.39 is 28.7 Å². The molecule has 0 spiro atoms. The summed E-state index contributed by atoms with van der Waals surface area (Å²) in [4.78, 5) is 51.2. The van der Waals surface area contributed by atoms with Crippen molar-refractivity contribution in [1.82, 2.24) is 29.1 Å².